The molecule has 2 heterocycles. The van der Waals surface area contributed by atoms with Gasteiger partial charge in [0.15, 0.2) is 5.82 Å². The quantitative estimate of drug-likeness (QED) is 0.585. The van der Waals surface area contributed by atoms with Gasteiger partial charge >= 0.3 is 5.97 Å². The van der Waals surface area contributed by atoms with Crippen molar-refractivity contribution in [1.82, 2.24) is 15.5 Å². The number of carbonyl (C=O) groups is 2. The largest absolute Gasteiger partial charge is 0.496 e. The van der Waals surface area contributed by atoms with Crippen molar-refractivity contribution in [1.29, 1.82) is 0 Å². The molecule has 162 valence electrons. The number of fused-ring (bicyclic) bond motifs is 1. The highest BCUT2D eigenvalue weighted by atomic mass is 32.2. The Bertz CT molecular complexity index is 934. The number of carbonyl (C=O) groups excluding carboxylic acids is 2. The van der Waals surface area contributed by atoms with Crippen molar-refractivity contribution in [3.8, 4) is 5.75 Å². The summed E-state index contributed by atoms with van der Waals surface area (Å²) < 4.78 is 15.8. The van der Waals surface area contributed by atoms with Crippen LogP contribution in [0.3, 0.4) is 0 Å². The number of methoxy groups -OCH3 is 1. The molecule has 0 aliphatic carbocycles. The number of thioether (sulfide) groups is 1. The predicted molar refractivity (Wildman–Crippen MR) is 108 cm³/mol. The summed E-state index contributed by atoms with van der Waals surface area (Å²) in [5.74, 6) is 0.277. The standard InChI is InChI=1S/C19H24N4O6S/c1-9-14(27-3)5-4-11-15(9)18(25)28-7-6-12(20)16(24)22-13(8-30-19(11)26)17-21-10(2)23-29-17/h4-5,12-13,19,26H,6-8,20H2,1-3H3,(H,22,24)/t12-,13-,19?/m0/s1. The highest BCUT2D eigenvalue weighted by Crippen LogP contribution is 2.36. The third kappa shape index (κ3) is 4.74. The van der Waals surface area contributed by atoms with Crippen molar-refractivity contribution >= 4 is 23.6 Å². The normalized spacial score (nSPS) is 23.3. The summed E-state index contributed by atoms with van der Waals surface area (Å²) in [6.45, 7) is 3.32. The number of nitrogens with two attached hydrogens (primary N) is 1. The number of hydrogen-bond donors (Lipinski definition) is 3. The SMILES string of the molecule is COc1ccc2c(c1C)C(=O)OCC[C@H](N)C(=O)N[C@H](c1nc(C)no1)CSC2O. The van der Waals surface area contributed by atoms with Gasteiger partial charge in [-0.15, -0.1) is 11.8 Å². The van der Waals surface area contributed by atoms with Gasteiger partial charge in [-0.05, 0) is 19.9 Å². The number of nitrogens with zero attached hydrogens (tertiary/aromatic N) is 2. The first-order chi connectivity index (χ1) is 14.3. The van der Waals surface area contributed by atoms with E-state index in [1.807, 2.05) is 0 Å². The Labute approximate surface area is 177 Å². The van der Waals surface area contributed by atoms with E-state index < -0.39 is 29.4 Å². The van der Waals surface area contributed by atoms with Gasteiger partial charge in [0.2, 0.25) is 11.8 Å². The van der Waals surface area contributed by atoms with Gasteiger partial charge < -0.3 is 30.2 Å². The first-order valence-electron chi connectivity index (χ1n) is 9.32. The smallest absolute Gasteiger partial charge is 0.338 e. The zero-order chi connectivity index (χ0) is 21.8. The molecule has 1 amide bonds. The van der Waals surface area contributed by atoms with Crippen LogP contribution >= 0.6 is 11.8 Å². The van der Waals surface area contributed by atoms with Gasteiger partial charge in [0.05, 0.1) is 25.3 Å². The van der Waals surface area contributed by atoms with E-state index in [0.717, 1.165) is 11.8 Å². The van der Waals surface area contributed by atoms with Crippen molar-refractivity contribution in [3.63, 3.8) is 0 Å². The van der Waals surface area contributed by atoms with Crippen molar-refractivity contribution in [3.05, 3.63) is 40.5 Å². The number of aliphatic hydroxyl groups excluding tert-OH is 1. The number of hydrogen-bond acceptors (Lipinski definition) is 10. The fraction of sp³-hybridized carbons (Fsp3) is 0.474. The number of nitrogens with one attached hydrogen (secondary N) is 1. The van der Waals surface area contributed by atoms with Crippen LogP contribution in [0.5, 0.6) is 5.75 Å². The molecular weight excluding hydrogens is 412 g/mol. The number of ether oxygens (including phenoxy) is 2. The van der Waals surface area contributed by atoms with E-state index in [9.17, 15) is 14.7 Å². The van der Waals surface area contributed by atoms with Gasteiger partial charge in [-0.1, -0.05) is 11.2 Å². The van der Waals surface area contributed by atoms with Gasteiger partial charge in [0.25, 0.3) is 0 Å². The molecule has 1 aliphatic rings. The third-order valence-electron chi connectivity index (χ3n) is 4.72. The first kappa shape index (κ1) is 22.1. The molecule has 0 radical (unpaired) electrons. The summed E-state index contributed by atoms with van der Waals surface area (Å²) in [4.78, 5) is 29.4. The Morgan fingerprint density at radius 2 is 2.10 bits per heavy atom. The fourth-order valence-corrected chi connectivity index (χ4v) is 4.06. The Kier molecular flexibility index (Phi) is 6.95. The second-order valence-electron chi connectivity index (χ2n) is 6.81. The van der Waals surface area contributed by atoms with Gasteiger partial charge in [-0.2, -0.15) is 4.98 Å². The molecular formula is C19H24N4O6S. The summed E-state index contributed by atoms with van der Waals surface area (Å²) in [6, 6.07) is 1.74. The molecule has 0 spiro atoms. The molecule has 3 rings (SSSR count). The van der Waals surface area contributed by atoms with Crippen LogP contribution in [-0.4, -0.2) is 52.6 Å². The topological polar surface area (TPSA) is 150 Å². The van der Waals surface area contributed by atoms with Crippen LogP contribution in [-0.2, 0) is 9.53 Å². The van der Waals surface area contributed by atoms with Gasteiger partial charge in [0, 0.05) is 23.3 Å². The Morgan fingerprint density at radius 1 is 1.33 bits per heavy atom. The highest BCUT2D eigenvalue weighted by Gasteiger charge is 2.29. The van der Waals surface area contributed by atoms with Crippen LogP contribution in [0.1, 0.15) is 51.1 Å². The minimum Gasteiger partial charge on any atom is -0.496 e. The summed E-state index contributed by atoms with van der Waals surface area (Å²) in [7, 11) is 1.50. The minimum absolute atomic E-state index is 0.0585. The van der Waals surface area contributed by atoms with Crippen molar-refractivity contribution in [2.75, 3.05) is 19.5 Å². The van der Waals surface area contributed by atoms with Crippen molar-refractivity contribution < 1.29 is 28.7 Å². The molecule has 0 saturated heterocycles. The lowest BCUT2D eigenvalue weighted by Gasteiger charge is -2.20. The average Bonchev–Trinajstić information content (AvgIpc) is 3.15. The lowest BCUT2D eigenvalue weighted by Crippen LogP contribution is -2.43. The number of amides is 1. The minimum atomic E-state index is -1.07. The molecule has 0 bridgehead atoms. The van der Waals surface area contributed by atoms with E-state index in [1.54, 1.807) is 26.0 Å². The number of cyclic esters (lactones) is 1. The van der Waals surface area contributed by atoms with E-state index in [0.29, 0.717) is 22.7 Å². The maximum absolute atomic E-state index is 12.7. The Morgan fingerprint density at radius 3 is 2.77 bits per heavy atom. The third-order valence-corrected chi connectivity index (χ3v) is 5.81. The molecule has 2 aromatic rings. The molecule has 3 atom stereocenters. The number of esters is 1. The first-order valence-corrected chi connectivity index (χ1v) is 10.4. The highest BCUT2D eigenvalue weighted by molar-refractivity contribution is 7.99. The molecule has 30 heavy (non-hydrogen) atoms. The average molecular weight is 436 g/mol. The second-order valence-corrected chi connectivity index (χ2v) is 7.93. The molecule has 11 heteroatoms. The number of aliphatic hydroxyl groups is 1. The fourth-order valence-electron chi connectivity index (χ4n) is 3.08. The van der Waals surface area contributed by atoms with Crippen LogP contribution in [0.2, 0.25) is 0 Å². The maximum atomic E-state index is 12.7. The molecule has 1 aromatic heterocycles. The van der Waals surface area contributed by atoms with Gasteiger partial charge in [0.1, 0.15) is 17.2 Å². The summed E-state index contributed by atoms with van der Waals surface area (Å²) in [5.41, 5.74) is 6.03. The summed E-state index contributed by atoms with van der Waals surface area (Å²) >= 11 is 1.10. The molecule has 0 saturated carbocycles. The summed E-state index contributed by atoms with van der Waals surface area (Å²) in [5, 5.41) is 17.3. The lowest BCUT2D eigenvalue weighted by atomic mass is 10.0. The van der Waals surface area contributed by atoms with E-state index >= 15 is 0 Å². The number of aromatic nitrogens is 2. The van der Waals surface area contributed by atoms with Gasteiger partial charge in [-0.25, -0.2) is 4.79 Å². The molecule has 1 unspecified atom stereocenters. The molecule has 4 N–H and O–H groups in total. The van der Waals surface area contributed by atoms with E-state index in [2.05, 4.69) is 15.5 Å². The Hall–Kier alpha value is -2.63. The van der Waals surface area contributed by atoms with Crippen LogP contribution in [0.25, 0.3) is 0 Å². The van der Waals surface area contributed by atoms with Crippen molar-refractivity contribution in [2.45, 2.75) is 37.8 Å². The van der Waals surface area contributed by atoms with E-state index in [1.165, 1.54) is 7.11 Å². The van der Waals surface area contributed by atoms with E-state index in [-0.39, 0.29) is 30.2 Å². The Balaban J connectivity index is 1.97. The zero-order valence-corrected chi connectivity index (χ0v) is 17.7. The van der Waals surface area contributed by atoms with Crippen LogP contribution < -0.4 is 15.8 Å². The van der Waals surface area contributed by atoms with Crippen LogP contribution in [0.15, 0.2) is 16.7 Å². The van der Waals surface area contributed by atoms with Crippen molar-refractivity contribution in [2.24, 2.45) is 5.73 Å². The number of rotatable bonds is 2. The monoisotopic (exact) mass is 436 g/mol. The number of benzene rings is 1. The maximum Gasteiger partial charge on any atom is 0.338 e. The second kappa shape index (κ2) is 9.45. The van der Waals surface area contributed by atoms with E-state index in [4.69, 9.17) is 19.7 Å². The molecule has 10 nitrogen and oxygen atoms in total. The van der Waals surface area contributed by atoms with Crippen LogP contribution in [0.4, 0.5) is 0 Å². The molecule has 1 aliphatic heterocycles. The van der Waals surface area contributed by atoms with Crippen LogP contribution in [0, 0.1) is 13.8 Å². The predicted octanol–water partition coefficient (Wildman–Crippen LogP) is 1.16. The number of aryl methyl sites for hydroxylation is 1. The van der Waals surface area contributed by atoms with Gasteiger partial charge in [-0.3, -0.25) is 4.79 Å². The molecule has 1 aromatic carbocycles. The molecule has 0 fully saturated rings. The lowest BCUT2D eigenvalue weighted by molar-refractivity contribution is -0.123. The zero-order valence-electron chi connectivity index (χ0n) is 16.9. The summed E-state index contributed by atoms with van der Waals surface area (Å²) in [6.07, 6.45) is 0.126.